The van der Waals surface area contributed by atoms with E-state index in [9.17, 15) is 19.8 Å². The monoisotopic (exact) mass is 668 g/mol. The number of hydrogen-bond donors (Lipinski definition) is 3. The van der Waals surface area contributed by atoms with E-state index in [1.54, 1.807) is 31.5 Å². The molecule has 10 nitrogen and oxygen atoms in total. The zero-order chi connectivity index (χ0) is 35.0. The van der Waals surface area contributed by atoms with Crippen molar-refractivity contribution in [1.29, 1.82) is 0 Å². The summed E-state index contributed by atoms with van der Waals surface area (Å²) in [6.45, 7) is 7.99. The number of ether oxygens (including phenoxy) is 4. The van der Waals surface area contributed by atoms with Crippen molar-refractivity contribution in [2.75, 3.05) is 26.6 Å². The predicted octanol–water partition coefficient (Wildman–Crippen LogP) is 6.34. The molecule has 4 rings (SSSR count). The average molecular weight is 669 g/mol. The molecule has 10 heteroatoms. The van der Waals surface area contributed by atoms with E-state index in [0.717, 1.165) is 48.8 Å². The number of phenols is 1. The van der Waals surface area contributed by atoms with Crippen LogP contribution in [0.3, 0.4) is 0 Å². The number of nitrogen functional groups attached to an aromatic ring is 1. The van der Waals surface area contributed by atoms with Crippen LogP contribution in [0.2, 0.25) is 0 Å². The Labute approximate surface area is 285 Å². The number of aliphatic hydroxyl groups excluding tert-OH is 1. The van der Waals surface area contributed by atoms with Crippen molar-refractivity contribution in [1.82, 2.24) is 4.98 Å². The van der Waals surface area contributed by atoms with Crippen molar-refractivity contribution in [2.45, 2.75) is 104 Å². The van der Waals surface area contributed by atoms with E-state index < -0.39 is 30.3 Å². The first-order valence-electron chi connectivity index (χ1n) is 17.5. The fraction of sp³-hybridized carbons (Fsp3) is 0.658. The number of fused-ring (bicyclic) bond motifs is 2. The molecule has 2 aliphatic carbocycles. The highest BCUT2D eigenvalue weighted by Gasteiger charge is 2.44. The number of benzene rings is 1. The van der Waals surface area contributed by atoms with Crippen molar-refractivity contribution in [3.8, 4) is 22.6 Å². The minimum absolute atomic E-state index is 0.00520. The van der Waals surface area contributed by atoms with E-state index in [1.165, 1.54) is 21.0 Å². The number of anilines is 1. The summed E-state index contributed by atoms with van der Waals surface area (Å²) in [4.78, 5) is 29.1. The van der Waals surface area contributed by atoms with Crippen LogP contribution < -0.4 is 10.5 Å². The Morgan fingerprint density at radius 3 is 2.42 bits per heavy atom. The molecule has 2 aromatic rings. The summed E-state index contributed by atoms with van der Waals surface area (Å²) in [6, 6.07) is 6.99. The van der Waals surface area contributed by atoms with Gasteiger partial charge in [0.2, 0.25) is 0 Å². The van der Waals surface area contributed by atoms with Gasteiger partial charge in [-0.1, -0.05) is 13.8 Å². The number of aromatic nitrogens is 1. The molecule has 4 N–H and O–H groups in total. The highest BCUT2D eigenvalue weighted by atomic mass is 16.6. The predicted molar refractivity (Wildman–Crippen MR) is 184 cm³/mol. The molecule has 2 saturated carbocycles. The number of aliphatic hydroxyl groups is 1. The number of phenolic OH excluding ortho intramolecular Hbond substituents is 1. The van der Waals surface area contributed by atoms with Crippen LogP contribution in [0.4, 0.5) is 5.82 Å². The molecule has 48 heavy (non-hydrogen) atoms. The molecule has 1 aromatic carbocycles. The van der Waals surface area contributed by atoms with Gasteiger partial charge in [0.1, 0.15) is 18.0 Å². The van der Waals surface area contributed by atoms with Gasteiger partial charge in [0.05, 0.1) is 13.2 Å². The third kappa shape index (κ3) is 9.84. The van der Waals surface area contributed by atoms with Crippen molar-refractivity contribution in [3.05, 3.63) is 36.0 Å². The summed E-state index contributed by atoms with van der Waals surface area (Å²) in [5.74, 6) is 1.89. The largest absolute Gasteiger partial charge is 0.504 e. The second-order valence-electron chi connectivity index (χ2n) is 14.3. The van der Waals surface area contributed by atoms with Crippen LogP contribution in [0.1, 0.15) is 84.6 Å². The van der Waals surface area contributed by atoms with Gasteiger partial charge in [0, 0.05) is 40.2 Å². The molecule has 1 heterocycles. The molecule has 2 bridgehead atoms. The Bertz CT molecular complexity index is 1370. The normalized spacial score (nSPS) is 25.4. The number of methoxy groups -OCH3 is 2. The minimum Gasteiger partial charge on any atom is -0.504 e. The van der Waals surface area contributed by atoms with Gasteiger partial charge in [-0.2, -0.15) is 0 Å². The zero-order valence-corrected chi connectivity index (χ0v) is 29.5. The molecule has 0 unspecified atom stereocenters. The summed E-state index contributed by atoms with van der Waals surface area (Å²) >= 11 is 0. The van der Waals surface area contributed by atoms with E-state index in [1.807, 2.05) is 6.07 Å². The fourth-order valence-electron chi connectivity index (χ4n) is 8.58. The zero-order valence-electron chi connectivity index (χ0n) is 29.5. The number of rotatable bonds is 14. The van der Waals surface area contributed by atoms with Crippen molar-refractivity contribution >= 4 is 17.8 Å². The van der Waals surface area contributed by atoms with E-state index in [-0.39, 0.29) is 17.6 Å². The highest BCUT2D eigenvalue weighted by molar-refractivity contribution is 5.72. The van der Waals surface area contributed by atoms with Gasteiger partial charge in [0.25, 0.3) is 0 Å². The number of pyridine rings is 1. The van der Waals surface area contributed by atoms with Crippen molar-refractivity contribution in [3.63, 3.8) is 0 Å². The SMILES string of the molecule is COCC[C@H]1[C@H]2CC[C@H](C(C)C)[C@H](C2)C[C@@H]([C@@H](C[C@@H](CCc2cc(OC)c(O)cc2-c2ccnc(N)c2)OC(C)=O)OC(C)=O)C[C@H]1O. The van der Waals surface area contributed by atoms with Gasteiger partial charge >= 0.3 is 11.9 Å². The average Bonchev–Trinajstić information content (AvgIpc) is 3.02. The maximum Gasteiger partial charge on any atom is 0.302 e. The van der Waals surface area contributed by atoms with Gasteiger partial charge in [-0.25, -0.2) is 4.98 Å². The molecule has 2 fully saturated rings. The van der Waals surface area contributed by atoms with Crippen LogP contribution in [-0.4, -0.2) is 66.3 Å². The number of carbonyl (C=O) groups is 2. The Hall–Kier alpha value is -3.37. The fourth-order valence-corrected chi connectivity index (χ4v) is 8.58. The Morgan fingerprint density at radius 2 is 1.77 bits per heavy atom. The highest BCUT2D eigenvalue weighted by Crippen LogP contribution is 2.49. The topological polar surface area (TPSA) is 150 Å². The molecule has 266 valence electrons. The maximum atomic E-state index is 12.6. The van der Waals surface area contributed by atoms with Gasteiger partial charge in [-0.15, -0.1) is 0 Å². The lowest BCUT2D eigenvalue weighted by atomic mass is 9.60. The Morgan fingerprint density at radius 1 is 1.02 bits per heavy atom. The van der Waals surface area contributed by atoms with Crippen LogP contribution in [0, 0.1) is 35.5 Å². The van der Waals surface area contributed by atoms with Gasteiger partial charge < -0.3 is 34.9 Å². The lowest BCUT2D eigenvalue weighted by Gasteiger charge is -2.47. The molecule has 8 atom stereocenters. The lowest BCUT2D eigenvalue weighted by Crippen LogP contribution is -2.44. The van der Waals surface area contributed by atoms with Gasteiger partial charge in [0.15, 0.2) is 11.5 Å². The van der Waals surface area contributed by atoms with Crippen molar-refractivity contribution < 1.29 is 38.7 Å². The molecular formula is C38H56N2O8. The summed E-state index contributed by atoms with van der Waals surface area (Å²) < 4.78 is 22.8. The van der Waals surface area contributed by atoms with E-state index in [2.05, 4.69) is 18.8 Å². The van der Waals surface area contributed by atoms with Gasteiger partial charge in [-0.3, -0.25) is 9.59 Å². The third-order valence-corrected chi connectivity index (χ3v) is 10.7. The molecule has 1 aromatic heterocycles. The Balaban J connectivity index is 1.63. The van der Waals surface area contributed by atoms with E-state index >= 15 is 0 Å². The molecule has 0 radical (unpaired) electrons. The molecular weight excluding hydrogens is 612 g/mol. The van der Waals surface area contributed by atoms with E-state index in [0.29, 0.717) is 67.5 Å². The van der Waals surface area contributed by atoms with E-state index in [4.69, 9.17) is 24.7 Å². The number of aromatic hydroxyl groups is 1. The third-order valence-electron chi connectivity index (χ3n) is 10.7. The number of esters is 2. The van der Waals surface area contributed by atoms with Crippen LogP contribution in [0.5, 0.6) is 11.5 Å². The molecule has 0 saturated heterocycles. The minimum atomic E-state index is -0.561. The van der Waals surface area contributed by atoms with Crippen molar-refractivity contribution in [2.24, 2.45) is 35.5 Å². The quantitative estimate of drug-likeness (QED) is 0.195. The first-order valence-corrected chi connectivity index (χ1v) is 17.5. The first-order chi connectivity index (χ1) is 22.9. The summed E-state index contributed by atoms with van der Waals surface area (Å²) in [5.41, 5.74) is 8.40. The van der Waals surface area contributed by atoms with Crippen LogP contribution in [0.25, 0.3) is 11.1 Å². The number of hydrogen-bond acceptors (Lipinski definition) is 10. The summed E-state index contributed by atoms with van der Waals surface area (Å²) in [6.07, 6.45) is 6.66. The number of nitrogens with zero attached hydrogens (tertiary/aromatic N) is 1. The first kappa shape index (κ1) is 37.4. The summed E-state index contributed by atoms with van der Waals surface area (Å²) in [5, 5.41) is 22.3. The molecule has 0 amide bonds. The smallest absolute Gasteiger partial charge is 0.302 e. The molecule has 2 aliphatic rings. The maximum absolute atomic E-state index is 12.6. The van der Waals surface area contributed by atoms with Crippen LogP contribution >= 0.6 is 0 Å². The second kappa shape index (κ2) is 17.3. The van der Waals surface area contributed by atoms with Crippen LogP contribution in [-0.2, 0) is 30.2 Å². The van der Waals surface area contributed by atoms with Gasteiger partial charge in [-0.05, 0) is 128 Å². The summed E-state index contributed by atoms with van der Waals surface area (Å²) in [7, 11) is 3.20. The number of carbonyl (C=O) groups excluding carboxylic acids is 2. The standard InChI is InChI=1S/C38H56N2O8/c1-22(2)31-10-8-25-15-28(31)16-29(17-34(43)32(25)12-14-45-5)36(48-24(4)42)20-30(47-23(3)41)9-7-26-18-37(46-6)35(44)21-33(26)27-11-13-40-38(39)19-27/h11,13,18-19,21-22,25,28-32,34,36,43-44H,7-10,12,14-17,20H2,1-6H3,(H2,39,40)/t25-,28+,29+,30+,31+,32-,34+,36+/m0/s1. The number of nitrogens with two attached hydrogens (primary N) is 1. The molecule has 0 spiro atoms. The lowest BCUT2D eigenvalue weighted by molar-refractivity contribution is -0.158. The molecule has 0 aliphatic heterocycles. The Kier molecular flexibility index (Phi) is 13.5. The van der Waals surface area contributed by atoms with Crippen LogP contribution in [0.15, 0.2) is 30.5 Å². The number of aryl methyl sites for hydroxylation is 1. The second-order valence-corrected chi connectivity index (χ2v) is 14.3.